The van der Waals surface area contributed by atoms with Crippen LogP contribution in [0, 0.1) is 13.8 Å². The molecule has 1 saturated carbocycles. The summed E-state index contributed by atoms with van der Waals surface area (Å²) >= 11 is 0. The molecule has 0 radical (unpaired) electrons. The van der Waals surface area contributed by atoms with Gasteiger partial charge in [-0.05, 0) is 43.9 Å². The van der Waals surface area contributed by atoms with E-state index >= 15 is 0 Å². The normalized spacial score (nSPS) is 21.8. The van der Waals surface area contributed by atoms with Crippen LogP contribution in [0.4, 0.5) is 10.5 Å². The Labute approximate surface area is 177 Å². The fourth-order valence-corrected chi connectivity index (χ4v) is 4.93. The predicted molar refractivity (Wildman–Crippen MR) is 113 cm³/mol. The number of nitrogens with one attached hydrogen (secondary N) is 3. The van der Waals surface area contributed by atoms with Crippen LogP contribution in [0.1, 0.15) is 43.2 Å². The molecule has 0 unspecified atom stereocenters. The predicted octanol–water partition coefficient (Wildman–Crippen LogP) is 0.294. The van der Waals surface area contributed by atoms with Gasteiger partial charge < -0.3 is 15.1 Å². The Morgan fingerprint density at radius 2 is 1.83 bits per heavy atom. The maximum Gasteiger partial charge on any atom is 0.344 e. The van der Waals surface area contributed by atoms with Crippen molar-refractivity contribution in [3.05, 3.63) is 29.3 Å². The van der Waals surface area contributed by atoms with Crippen molar-refractivity contribution in [3.63, 3.8) is 0 Å². The lowest BCUT2D eigenvalue weighted by Crippen LogP contribution is -3.16. The minimum Gasteiger partial charge on any atom is -0.360 e. The molecule has 2 saturated heterocycles. The third-order valence-corrected chi connectivity index (χ3v) is 6.90. The van der Waals surface area contributed by atoms with E-state index in [1.54, 1.807) is 0 Å². The van der Waals surface area contributed by atoms with Gasteiger partial charge in [0, 0.05) is 5.69 Å². The number of imide groups is 1. The van der Waals surface area contributed by atoms with Gasteiger partial charge in [-0.3, -0.25) is 15.0 Å². The van der Waals surface area contributed by atoms with E-state index in [0.29, 0.717) is 12.8 Å². The number of piperazine rings is 1. The first-order valence-corrected chi connectivity index (χ1v) is 11.0. The fraction of sp³-hybridized carbons (Fsp3) is 0.591. The topological polar surface area (TPSA) is 86.2 Å². The largest absolute Gasteiger partial charge is 0.360 e. The Balaban J connectivity index is 1.30. The molecule has 8 nitrogen and oxygen atoms in total. The van der Waals surface area contributed by atoms with E-state index in [9.17, 15) is 14.4 Å². The van der Waals surface area contributed by atoms with Crippen LogP contribution in [0.25, 0.3) is 0 Å². The number of amides is 4. The molecule has 1 aromatic rings. The zero-order valence-corrected chi connectivity index (χ0v) is 17.9. The first kappa shape index (κ1) is 20.7. The van der Waals surface area contributed by atoms with Crippen LogP contribution in [0.3, 0.4) is 0 Å². The molecule has 162 valence electrons. The highest BCUT2D eigenvalue weighted by Gasteiger charge is 2.52. The van der Waals surface area contributed by atoms with Crippen LogP contribution in [0.2, 0.25) is 0 Å². The SMILES string of the molecule is Cc1cccc(N2CC[NH+](CC(=O)NN3C(=O)NC4(CCCCC4)C3=O)CC2)c1C. The summed E-state index contributed by atoms with van der Waals surface area (Å²) in [5.41, 5.74) is 5.59. The third kappa shape index (κ3) is 3.88. The molecule has 1 aromatic carbocycles. The van der Waals surface area contributed by atoms with E-state index in [4.69, 9.17) is 0 Å². The van der Waals surface area contributed by atoms with Crippen LogP contribution in [0.15, 0.2) is 18.2 Å². The number of carbonyl (C=O) groups excluding carboxylic acids is 3. The maximum atomic E-state index is 12.8. The summed E-state index contributed by atoms with van der Waals surface area (Å²) in [6, 6.07) is 5.85. The van der Waals surface area contributed by atoms with E-state index in [1.165, 1.54) is 16.8 Å². The molecule has 2 aliphatic heterocycles. The molecular weight excluding hydrogens is 382 g/mol. The van der Waals surface area contributed by atoms with Crippen LogP contribution in [0.5, 0.6) is 0 Å². The van der Waals surface area contributed by atoms with Crippen molar-refractivity contribution in [1.82, 2.24) is 15.8 Å². The lowest BCUT2D eigenvalue weighted by Gasteiger charge is -2.34. The van der Waals surface area contributed by atoms with E-state index in [-0.39, 0.29) is 18.4 Å². The molecule has 0 atom stereocenters. The molecule has 4 rings (SSSR count). The van der Waals surface area contributed by atoms with Crippen molar-refractivity contribution in [2.24, 2.45) is 0 Å². The van der Waals surface area contributed by atoms with Gasteiger partial charge in [0.15, 0.2) is 6.54 Å². The van der Waals surface area contributed by atoms with Gasteiger partial charge in [0.25, 0.3) is 11.8 Å². The minimum atomic E-state index is -0.813. The van der Waals surface area contributed by atoms with Gasteiger partial charge in [-0.15, -0.1) is 0 Å². The van der Waals surface area contributed by atoms with E-state index in [1.807, 2.05) is 0 Å². The minimum absolute atomic E-state index is 0.255. The van der Waals surface area contributed by atoms with Crippen molar-refractivity contribution >= 4 is 23.5 Å². The van der Waals surface area contributed by atoms with Crippen molar-refractivity contribution in [3.8, 4) is 0 Å². The van der Waals surface area contributed by atoms with E-state index < -0.39 is 11.6 Å². The summed E-state index contributed by atoms with van der Waals surface area (Å²) in [5, 5.41) is 3.72. The lowest BCUT2D eigenvalue weighted by atomic mass is 9.82. The molecule has 8 heteroatoms. The molecule has 3 N–H and O–H groups in total. The number of urea groups is 1. The molecular formula is C22H32N5O3+. The number of nitrogens with zero attached hydrogens (tertiary/aromatic N) is 2. The number of anilines is 1. The number of carbonyl (C=O) groups is 3. The summed E-state index contributed by atoms with van der Waals surface area (Å²) in [5.74, 6) is -0.600. The number of quaternary nitrogens is 1. The Hall–Kier alpha value is -2.61. The van der Waals surface area contributed by atoms with E-state index in [0.717, 1.165) is 55.4 Å². The molecule has 0 aromatic heterocycles. The zero-order chi connectivity index (χ0) is 21.3. The van der Waals surface area contributed by atoms with Gasteiger partial charge in [0.05, 0.1) is 26.2 Å². The molecule has 30 heavy (non-hydrogen) atoms. The smallest absolute Gasteiger partial charge is 0.344 e. The lowest BCUT2D eigenvalue weighted by molar-refractivity contribution is -0.892. The number of aryl methyl sites for hydroxylation is 1. The summed E-state index contributed by atoms with van der Waals surface area (Å²) in [7, 11) is 0. The molecule has 0 bridgehead atoms. The highest BCUT2D eigenvalue weighted by atomic mass is 16.2. The molecule has 2 heterocycles. The average Bonchev–Trinajstić information content (AvgIpc) is 2.95. The first-order chi connectivity index (χ1) is 14.4. The Morgan fingerprint density at radius 1 is 1.13 bits per heavy atom. The fourth-order valence-electron chi connectivity index (χ4n) is 4.93. The average molecular weight is 415 g/mol. The Morgan fingerprint density at radius 3 is 2.53 bits per heavy atom. The second-order valence-corrected chi connectivity index (χ2v) is 8.88. The second kappa shape index (κ2) is 8.26. The first-order valence-electron chi connectivity index (χ1n) is 11.0. The monoisotopic (exact) mass is 414 g/mol. The van der Waals surface area contributed by atoms with Crippen molar-refractivity contribution in [2.45, 2.75) is 51.5 Å². The summed E-state index contributed by atoms with van der Waals surface area (Å²) < 4.78 is 0. The van der Waals surface area contributed by atoms with Crippen molar-refractivity contribution < 1.29 is 19.3 Å². The van der Waals surface area contributed by atoms with Gasteiger partial charge in [-0.2, -0.15) is 5.01 Å². The van der Waals surface area contributed by atoms with Crippen LogP contribution in [-0.4, -0.2) is 61.1 Å². The van der Waals surface area contributed by atoms with Gasteiger partial charge in [0.1, 0.15) is 5.54 Å². The molecule has 1 spiro atoms. The quantitative estimate of drug-likeness (QED) is 0.619. The highest BCUT2D eigenvalue weighted by Crippen LogP contribution is 2.32. The molecule has 3 aliphatic rings. The summed E-state index contributed by atoms with van der Waals surface area (Å²) in [6.07, 6.45) is 4.21. The van der Waals surface area contributed by atoms with E-state index in [2.05, 4.69) is 47.7 Å². The van der Waals surface area contributed by atoms with Crippen molar-refractivity contribution in [1.29, 1.82) is 0 Å². The number of hydrogen-bond donors (Lipinski definition) is 3. The maximum absolute atomic E-state index is 12.8. The number of hydrazine groups is 1. The Kier molecular flexibility index (Phi) is 5.69. The second-order valence-electron chi connectivity index (χ2n) is 8.88. The molecule has 3 fully saturated rings. The van der Waals surface area contributed by atoms with Crippen LogP contribution in [-0.2, 0) is 9.59 Å². The third-order valence-electron chi connectivity index (χ3n) is 6.90. The molecule has 4 amide bonds. The number of benzene rings is 1. The van der Waals surface area contributed by atoms with Gasteiger partial charge in [-0.25, -0.2) is 4.79 Å². The summed E-state index contributed by atoms with van der Waals surface area (Å²) in [6.45, 7) is 7.95. The van der Waals surface area contributed by atoms with Gasteiger partial charge >= 0.3 is 6.03 Å². The Bertz CT molecular complexity index is 841. The highest BCUT2D eigenvalue weighted by molar-refractivity contribution is 6.08. The van der Waals surface area contributed by atoms with Gasteiger partial charge in [0.2, 0.25) is 0 Å². The summed E-state index contributed by atoms with van der Waals surface area (Å²) in [4.78, 5) is 41.2. The number of rotatable bonds is 4. The molecule has 1 aliphatic carbocycles. The number of hydrogen-bond acceptors (Lipinski definition) is 4. The zero-order valence-electron chi connectivity index (χ0n) is 17.9. The van der Waals surface area contributed by atoms with Crippen LogP contribution < -0.4 is 20.5 Å². The van der Waals surface area contributed by atoms with Gasteiger partial charge in [-0.1, -0.05) is 31.4 Å². The van der Waals surface area contributed by atoms with Crippen molar-refractivity contribution in [2.75, 3.05) is 37.6 Å². The standard InChI is InChI=1S/C22H31N5O3/c1-16-7-6-8-18(17(16)2)26-13-11-25(12-14-26)15-19(28)24-27-20(29)22(23-21(27)30)9-4-3-5-10-22/h6-8H,3-5,9-15H2,1-2H3,(H,23,30)(H,24,28)/p+1. The van der Waals surface area contributed by atoms with Crippen LogP contribution >= 0.6 is 0 Å².